The zero-order valence-corrected chi connectivity index (χ0v) is 11.1. The molecular weight excluding hydrogens is 198 g/mol. The second-order valence-corrected chi connectivity index (χ2v) is 6.36. The van der Waals surface area contributed by atoms with E-state index in [2.05, 4.69) is 36.2 Å². The summed E-state index contributed by atoms with van der Waals surface area (Å²) in [6, 6.07) is 0.733. The van der Waals surface area contributed by atoms with Gasteiger partial charge in [-0.05, 0) is 38.1 Å². The second kappa shape index (κ2) is 5.03. The van der Waals surface area contributed by atoms with Crippen LogP contribution in [0.3, 0.4) is 0 Å². The Balaban J connectivity index is 1.71. The topological polar surface area (TPSA) is 18.5 Å². The van der Waals surface area contributed by atoms with Crippen molar-refractivity contribution in [3.63, 3.8) is 0 Å². The van der Waals surface area contributed by atoms with E-state index >= 15 is 0 Å². The van der Waals surface area contributed by atoms with Crippen molar-refractivity contribution in [2.75, 3.05) is 33.2 Å². The van der Waals surface area contributed by atoms with Crippen LogP contribution in [0.4, 0.5) is 0 Å². The van der Waals surface area contributed by atoms with Gasteiger partial charge in [-0.25, -0.2) is 5.01 Å². The van der Waals surface area contributed by atoms with Gasteiger partial charge in [-0.15, -0.1) is 0 Å². The fourth-order valence-corrected chi connectivity index (χ4v) is 2.72. The Morgan fingerprint density at radius 3 is 2.12 bits per heavy atom. The monoisotopic (exact) mass is 225 g/mol. The molecule has 0 amide bonds. The molecule has 1 aliphatic carbocycles. The summed E-state index contributed by atoms with van der Waals surface area (Å²) < 4.78 is 0. The first-order chi connectivity index (χ1) is 7.55. The quantitative estimate of drug-likeness (QED) is 0.772. The lowest BCUT2D eigenvalue weighted by Crippen LogP contribution is -2.54. The summed E-state index contributed by atoms with van der Waals surface area (Å²) in [7, 11) is 2.21. The third kappa shape index (κ3) is 3.44. The van der Waals surface area contributed by atoms with E-state index in [1.807, 2.05) is 0 Å². The summed E-state index contributed by atoms with van der Waals surface area (Å²) in [4.78, 5) is 2.40. The number of nitrogens with zero attached hydrogens (tertiary/aromatic N) is 2. The summed E-state index contributed by atoms with van der Waals surface area (Å²) in [5, 5.41) is 2.43. The van der Waals surface area contributed by atoms with Gasteiger partial charge in [-0.3, -0.25) is 5.43 Å². The highest BCUT2D eigenvalue weighted by Gasteiger charge is 2.28. The highest BCUT2D eigenvalue weighted by Crippen LogP contribution is 2.35. The number of hydrazine groups is 1. The molecule has 0 aromatic rings. The first kappa shape index (κ1) is 12.3. The van der Waals surface area contributed by atoms with Gasteiger partial charge in [0.2, 0.25) is 0 Å². The number of nitrogens with one attached hydrogen (secondary N) is 1. The predicted octanol–water partition coefficient (Wildman–Crippen LogP) is 1.71. The molecule has 0 aromatic carbocycles. The molecule has 1 aliphatic heterocycles. The predicted molar refractivity (Wildman–Crippen MR) is 68.2 cm³/mol. The molecule has 1 heterocycles. The molecule has 3 nitrogen and oxygen atoms in total. The van der Waals surface area contributed by atoms with Gasteiger partial charge in [0.05, 0.1) is 0 Å². The summed E-state index contributed by atoms with van der Waals surface area (Å²) >= 11 is 0. The van der Waals surface area contributed by atoms with Gasteiger partial charge in [-0.1, -0.05) is 13.8 Å². The van der Waals surface area contributed by atoms with E-state index in [1.54, 1.807) is 0 Å². The molecule has 2 rings (SSSR count). The summed E-state index contributed by atoms with van der Waals surface area (Å²) in [5.41, 5.74) is 4.31. The van der Waals surface area contributed by atoms with Crippen LogP contribution in [0.1, 0.15) is 39.5 Å². The van der Waals surface area contributed by atoms with Crippen molar-refractivity contribution in [1.82, 2.24) is 15.3 Å². The molecule has 0 bridgehead atoms. The standard InChI is InChI=1S/C13H27N3/c1-13(2)6-4-12(5-7-13)14-16-10-8-15(3)9-11-16/h12,14H,4-11H2,1-3H3. The minimum absolute atomic E-state index is 0.584. The van der Waals surface area contributed by atoms with E-state index in [0.29, 0.717) is 5.41 Å². The second-order valence-electron chi connectivity index (χ2n) is 6.36. The van der Waals surface area contributed by atoms with Crippen LogP contribution in [0.15, 0.2) is 0 Å². The van der Waals surface area contributed by atoms with Gasteiger partial charge in [0.25, 0.3) is 0 Å². The lowest BCUT2D eigenvalue weighted by molar-refractivity contribution is 0.0657. The molecule has 0 atom stereocenters. The van der Waals surface area contributed by atoms with Crippen LogP contribution in [-0.4, -0.2) is 49.2 Å². The normalized spacial score (nSPS) is 29.4. The zero-order chi connectivity index (χ0) is 11.6. The Hall–Kier alpha value is -0.120. The zero-order valence-electron chi connectivity index (χ0n) is 11.1. The van der Waals surface area contributed by atoms with E-state index in [-0.39, 0.29) is 0 Å². The minimum atomic E-state index is 0.584. The Bertz CT molecular complexity index is 209. The van der Waals surface area contributed by atoms with Crippen LogP contribution in [0, 0.1) is 5.41 Å². The molecule has 0 spiro atoms. The van der Waals surface area contributed by atoms with Crippen molar-refractivity contribution in [1.29, 1.82) is 0 Å². The van der Waals surface area contributed by atoms with Crippen LogP contribution in [0.2, 0.25) is 0 Å². The molecule has 1 saturated carbocycles. The number of rotatable bonds is 2. The molecule has 2 fully saturated rings. The number of hydrogen-bond donors (Lipinski definition) is 1. The highest BCUT2D eigenvalue weighted by atomic mass is 15.5. The van der Waals surface area contributed by atoms with Crippen LogP contribution >= 0.6 is 0 Å². The van der Waals surface area contributed by atoms with Crippen LogP contribution in [0.5, 0.6) is 0 Å². The SMILES string of the molecule is CN1CCN(NC2CCC(C)(C)CC2)CC1. The van der Waals surface area contributed by atoms with Gasteiger partial charge in [0.15, 0.2) is 0 Å². The van der Waals surface area contributed by atoms with Gasteiger partial charge in [0.1, 0.15) is 0 Å². The van der Waals surface area contributed by atoms with Gasteiger partial charge in [-0.2, -0.15) is 0 Å². The largest absolute Gasteiger partial charge is 0.304 e. The van der Waals surface area contributed by atoms with Crippen LogP contribution in [-0.2, 0) is 0 Å². The number of piperazine rings is 1. The van der Waals surface area contributed by atoms with Crippen LogP contribution < -0.4 is 5.43 Å². The third-order valence-corrected chi connectivity index (χ3v) is 4.21. The highest BCUT2D eigenvalue weighted by molar-refractivity contribution is 4.82. The van der Waals surface area contributed by atoms with Crippen molar-refractivity contribution < 1.29 is 0 Å². The van der Waals surface area contributed by atoms with Gasteiger partial charge < -0.3 is 4.90 Å². The average molecular weight is 225 g/mol. The maximum atomic E-state index is 3.72. The maximum absolute atomic E-state index is 3.72. The van der Waals surface area contributed by atoms with Crippen LogP contribution in [0.25, 0.3) is 0 Å². The summed E-state index contributed by atoms with van der Waals surface area (Å²) in [6.45, 7) is 9.56. The molecule has 1 saturated heterocycles. The average Bonchev–Trinajstić information content (AvgIpc) is 2.24. The van der Waals surface area contributed by atoms with E-state index in [1.165, 1.54) is 51.9 Å². The molecule has 94 valence electrons. The van der Waals surface area contributed by atoms with Gasteiger partial charge >= 0.3 is 0 Å². The lowest BCUT2D eigenvalue weighted by Gasteiger charge is -2.39. The third-order valence-electron chi connectivity index (χ3n) is 4.21. The maximum Gasteiger partial charge on any atom is 0.0259 e. The minimum Gasteiger partial charge on any atom is -0.304 e. The summed E-state index contributed by atoms with van der Waals surface area (Å²) in [5.74, 6) is 0. The van der Waals surface area contributed by atoms with Crippen molar-refractivity contribution >= 4 is 0 Å². The van der Waals surface area contributed by atoms with Crippen molar-refractivity contribution in [2.45, 2.75) is 45.6 Å². The Labute approximate surface area is 100 Å². The number of hydrogen-bond acceptors (Lipinski definition) is 3. The Kier molecular flexibility index (Phi) is 3.88. The molecule has 2 aliphatic rings. The first-order valence-electron chi connectivity index (χ1n) is 6.75. The number of likely N-dealkylation sites (N-methyl/N-ethyl adjacent to an activating group) is 1. The molecule has 0 radical (unpaired) electrons. The Morgan fingerprint density at radius 2 is 1.56 bits per heavy atom. The fourth-order valence-electron chi connectivity index (χ4n) is 2.72. The van der Waals surface area contributed by atoms with Crippen molar-refractivity contribution in [2.24, 2.45) is 5.41 Å². The lowest BCUT2D eigenvalue weighted by atomic mass is 9.76. The van der Waals surface area contributed by atoms with Gasteiger partial charge in [0, 0.05) is 32.2 Å². The molecule has 3 heteroatoms. The van der Waals surface area contributed by atoms with Crippen molar-refractivity contribution in [3.05, 3.63) is 0 Å². The summed E-state index contributed by atoms with van der Waals surface area (Å²) in [6.07, 6.45) is 5.44. The smallest absolute Gasteiger partial charge is 0.0259 e. The molecular formula is C13H27N3. The molecule has 1 N–H and O–H groups in total. The van der Waals surface area contributed by atoms with E-state index < -0.39 is 0 Å². The first-order valence-corrected chi connectivity index (χ1v) is 6.75. The Morgan fingerprint density at radius 1 is 1.00 bits per heavy atom. The molecule has 16 heavy (non-hydrogen) atoms. The van der Waals surface area contributed by atoms with E-state index in [0.717, 1.165) is 6.04 Å². The fraction of sp³-hybridized carbons (Fsp3) is 1.00. The molecule has 0 aromatic heterocycles. The van der Waals surface area contributed by atoms with Crippen molar-refractivity contribution in [3.8, 4) is 0 Å². The van der Waals surface area contributed by atoms with E-state index in [4.69, 9.17) is 0 Å². The van der Waals surface area contributed by atoms with E-state index in [9.17, 15) is 0 Å². The molecule has 0 unspecified atom stereocenters.